The smallest absolute Gasteiger partial charge is 0.312 e. The van der Waals surface area contributed by atoms with Gasteiger partial charge in [-0.15, -0.1) is 0 Å². The Bertz CT molecular complexity index is 667. The number of carboxylic acid groups (broad SMARTS) is 1. The van der Waals surface area contributed by atoms with Gasteiger partial charge in [0.05, 0.1) is 5.92 Å². The molecule has 0 aliphatic carbocycles. The van der Waals surface area contributed by atoms with Gasteiger partial charge in [0, 0.05) is 12.2 Å². The minimum atomic E-state index is -1.09. The van der Waals surface area contributed by atoms with E-state index in [0.717, 1.165) is 5.69 Å². The quantitative estimate of drug-likeness (QED) is 0.757. The molecular formula is C15H16FN3O3. The molecule has 0 aliphatic heterocycles. The van der Waals surface area contributed by atoms with Crippen molar-refractivity contribution in [1.29, 1.82) is 0 Å². The van der Waals surface area contributed by atoms with Gasteiger partial charge in [-0.3, -0.25) is 14.7 Å². The fourth-order valence-electron chi connectivity index (χ4n) is 1.99. The van der Waals surface area contributed by atoms with Crippen molar-refractivity contribution in [2.24, 2.45) is 0 Å². The Hall–Kier alpha value is -2.70. The third kappa shape index (κ3) is 3.69. The highest BCUT2D eigenvalue weighted by Gasteiger charge is 2.21. The van der Waals surface area contributed by atoms with Crippen LogP contribution in [0.2, 0.25) is 0 Å². The van der Waals surface area contributed by atoms with Crippen LogP contribution in [0.4, 0.5) is 4.39 Å². The summed E-state index contributed by atoms with van der Waals surface area (Å²) in [5.41, 5.74) is 1.45. The molecule has 1 aromatic carbocycles. The number of aromatic nitrogens is 2. The summed E-state index contributed by atoms with van der Waals surface area (Å²) in [5.74, 6) is -2.94. The van der Waals surface area contributed by atoms with Crippen molar-refractivity contribution in [2.75, 3.05) is 6.54 Å². The van der Waals surface area contributed by atoms with Gasteiger partial charge in [0.15, 0.2) is 0 Å². The van der Waals surface area contributed by atoms with Crippen LogP contribution < -0.4 is 5.32 Å². The van der Waals surface area contributed by atoms with Gasteiger partial charge < -0.3 is 10.4 Å². The number of nitrogens with zero attached hydrogens (tertiary/aromatic N) is 1. The number of aliphatic carboxylic acids is 1. The van der Waals surface area contributed by atoms with Crippen LogP contribution >= 0.6 is 0 Å². The number of rotatable bonds is 6. The molecule has 7 heteroatoms. The SMILES string of the molecule is CCc1cc(C(=O)NCC(C(=O)O)c2ccc(F)cc2)n[nH]1. The molecule has 1 heterocycles. The molecule has 0 spiro atoms. The van der Waals surface area contributed by atoms with Crippen molar-refractivity contribution in [2.45, 2.75) is 19.3 Å². The Labute approximate surface area is 126 Å². The second-order valence-electron chi connectivity index (χ2n) is 4.78. The number of carboxylic acids is 1. The first-order valence-corrected chi connectivity index (χ1v) is 6.82. The third-order valence-electron chi connectivity index (χ3n) is 3.28. The van der Waals surface area contributed by atoms with Gasteiger partial charge >= 0.3 is 5.97 Å². The molecule has 0 aliphatic rings. The van der Waals surface area contributed by atoms with E-state index in [4.69, 9.17) is 0 Å². The van der Waals surface area contributed by atoms with Crippen molar-refractivity contribution < 1.29 is 19.1 Å². The van der Waals surface area contributed by atoms with Gasteiger partial charge in [-0.25, -0.2) is 4.39 Å². The monoisotopic (exact) mass is 305 g/mol. The molecule has 0 saturated carbocycles. The maximum atomic E-state index is 12.9. The summed E-state index contributed by atoms with van der Waals surface area (Å²) in [5, 5.41) is 18.4. The zero-order valence-electron chi connectivity index (χ0n) is 12.0. The fourth-order valence-corrected chi connectivity index (χ4v) is 1.99. The Kier molecular flexibility index (Phi) is 4.88. The number of H-pyrrole nitrogens is 1. The van der Waals surface area contributed by atoms with Crippen LogP contribution in [0.15, 0.2) is 30.3 Å². The van der Waals surface area contributed by atoms with Crippen LogP contribution in [0, 0.1) is 5.82 Å². The number of hydrogen-bond acceptors (Lipinski definition) is 3. The van der Waals surface area contributed by atoms with Gasteiger partial charge in [0.2, 0.25) is 0 Å². The first-order valence-electron chi connectivity index (χ1n) is 6.82. The van der Waals surface area contributed by atoms with Crippen molar-refractivity contribution in [3.05, 3.63) is 53.1 Å². The van der Waals surface area contributed by atoms with E-state index in [0.29, 0.717) is 12.0 Å². The van der Waals surface area contributed by atoms with E-state index in [1.807, 2.05) is 6.92 Å². The maximum absolute atomic E-state index is 12.9. The van der Waals surface area contributed by atoms with Gasteiger partial charge in [0.25, 0.3) is 5.91 Å². The highest BCUT2D eigenvalue weighted by Crippen LogP contribution is 2.16. The molecule has 2 rings (SSSR count). The van der Waals surface area contributed by atoms with E-state index in [-0.39, 0.29) is 12.2 Å². The number of benzene rings is 1. The molecule has 3 N–H and O–H groups in total. The zero-order valence-corrected chi connectivity index (χ0v) is 12.0. The third-order valence-corrected chi connectivity index (χ3v) is 3.28. The molecule has 1 unspecified atom stereocenters. The summed E-state index contributed by atoms with van der Waals surface area (Å²) in [6.45, 7) is 1.82. The van der Waals surface area contributed by atoms with E-state index in [1.165, 1.54) is 24.3 Å². The standard InChI is InChI=1S/C15H16FN3O3/c1-2-11-7-13(19-18-11)14(20)17-8-12(15(21)22)9-3-5-10(16)6-4-9/h3-7,12H,2,8H2,1H3,(H,17,20)(H,18,19)(H,21,22). The second-order valence-corrected chi connectivity index (χ2v) is 4.78. The summed E-state index contributed by atoms with van der Waals surface area (Å²) >= 11 is 0. The van der Waals surface area contributed by atoms with E-state index in [2.05, 4.69) is 15.5 Å². The summed E-state index contributed by atoms with van der Waals surface area (Å²) in [7, 11) is 0. The maximum Gasteiger partial charge on any atom is 0.312 e. The number of aromatic amines is 1. The largest absolute Gasteiger partial charge is 0.481 e. The molecule has 0 radical (unpaired) electrons. The number of nitrogens with one attached hydrogen (secondary N) is 2. The summed E-state index contributed by atoms with van der Waals surface area (Å²) in [6, 6.07) is 6.78. The lowest BCUT2D eigenvalue weighted by Crippen LogP contribution is -2.32. The van der Waals surface area contributed by atoms with E-state index >= 15 is 0 Å². The molecule has 22 heavy (non-hydrogen) atoms. The first-order chi connectivity index (χ1) is 10.5. The highest BCUT2D eigenvalue weighted by molar-refractivity contribution is 5.92. The van der Waals surface area contributed by atoms with Crippen LogP contribution in [-0.2, 0) is 11.2 Å². The Morgan fingerprint density at radius 2 is 2.05 bits per heavy atom. The predicted octanol–water partition coefficient (Wildman–Crippen LogP) is 1.71. The summed E-state index contributed by atoms with van der Waals surface area (Å²) in [4.78, 5) is 23.3. The molecule has 116 valence electrons. The minimum absolute atomic E-state index is 0.103. The van der Waals surface area contributed by atoms with Crippen molar-refractivity contribution in [3.8, 4) is 0 Å². The molecule has 0 bridgehead atoms. The zero-order chi connectivity index (χ0) is 16.1. The van der Waals surface area contributed by atoms with Gasteiger partial charge in [0.1, 0.15) is 11.5 Å². The van der Waals surface area contributed by atoms with Crippen LogP contribution in [0.25, 0.3) is 0 Å². The lowest BCUT2D eigenvalue weighted by Gasteiger charge is -2.13. The summed E-state index contributed by atoms with van der Waals surface area (Å²) in [6.07, 6.45) is 0.716. The van der Waals surface area contributed by atoms with Crippen molar-refractivity contribution >= 4 is 11.9 Å². The Morgan fingerprint density at radius 3 is 2.59 bits per heavy atom. The molecular weight excluding hydrogens is 289 g/mol. The minimum Gasteiger partial charge on any atom is -0.481 e. The fraction of sp³-hybridized carbons (Fsp3) is 0.267. The van der Waals surface area contributed by atoms with Crippen LogP contribution in [-0.4, -0.2) is 33.7 Å². The molecule has 2 aromatic rings. The topological polar surface area (TPSA) is 95.1 Å². The lowest BCUT2D eigenvalue weighted by atomic mass is 9.99. The molecule has 1 aromatic heterocycles. The number of carbonyl (C=O) groups is 2. The number of hydrogen-bond donors (Lipinski definition) is 3. The number of amides is 1. The lowest BCUT2D eigenvalue weighted by molar-refractivity contribution is -0.138. The van der Waals surface area contributed by atoms with E-state index in [9.17, 15) is 19.1 Å². The van der Waals surface area contributed by atoms with Gasteiger partial charge in [-0.05, 0) is 30.2 Å². The highest BCUT2D eigenvalue weighted by atomic mass is 19.1. The number of carbonyl (C=O) groups excluding carboxylic acids is 1. The van der Waals surface area contributed by atoms with Crippen LogP contribution in [0.1, 0.15) is 34.6 Å². The number of halogens is 1. The average Bonchev–Trinajstić information content (AvgIpc) is 2.98. The first kappa shape index (κ1) is 15.7. The molecule has 0 fully saturated rings. The van der Waals surface area contributed by atoms with E-state index < -0.39 is 23.6 Å². The second kappa shape index (κ2) is 6.84. The van der Waals surface area contributed by atoms with E-state index in [1.54, 1.807) is 6.07 Å². The Balaban J connectivity index is 2.04. The molecule has 6 nitrogen and oxygen atoms in total. The number of aryl methyl sites for hydroxylation is 1. The van der Waals surface area contributed by atoms with Crippen molar-refractivity contribution in [3.63, 3.8) is 0 Å². The van der Waals surface area contributed by atoms with Crippen LogP contribution in [0.3, 0.4) is 0 Å². The van der Waals surface area contributed by atoms with Crippen LogP contribution in [0.5, 0.6) is 0 Å². The molecule has 1 amide bonds. The normalized spacial score (nSPS) is 11.9. The van der Waals surface area contributed by atoms with Gasteiger partial charge in [-0.1, -0.05) is 19.1 Å². The van der Waals surface area contributed by atoms with Gasteiger partial charge in [-0.2, -0.15) is 5.10 Å². The molecule has 0 saturated heterocycles. The summed E-state index contributed by atoms with van der Waals surface area (Å²) < 4.78 is 12.9. The average molecular weight is 305 g/mol. The van der Waals surface area contributed by atoms with Crippen molar-refractivity contribution in [1.82, 2.24) is 15.5 Å². The Morgan fingerprint density at radius 1 is 1.36 bits per heavy atom. The predicted molar refractivity (Wildman–Crippen MR) is 77.1 cm³/mol. The molecule has 1 atom stereocenters.